The lowest BCUT2D eigenvalue weighted by atomic mass is 10.0. The molecule has 0 N–H and O–H groups in total. The molecule has 1 aliphatic carbocycles. The number of hydrogen-bond donors (Lipinski definition) is 0. The Bertz CT molecular complexity index is 629. The Hall–Kier alpha value is -2.49. The molecule has 4 heteroatoms. The molecule has 0 aliphatic heterocycles. The molecule has 1 heterocycles. The molecule has 1 fully saturated rings. The number of nitrogens with zero attached hydrogens (tertiary/aromatic N) is 2. The van der Waals surface area contributed by atoms with Gasteiger partial charge >= 0.3 is 0 Å². The van der Waals surface area contributed by atoms with E-state index in [4.69, 9.17) is 0 Å². The van der Waals surface area contributed by atoms with E-state index in [1.165, 1.54) is 0 Å². The van der Waals surface area contributed by atoms with Crippen LogP contribution in [0.4, 0.5) is 0 Å². The summed E-state index contributed by atoms with van der Waals surface area (Å²) in [4.78, 5) is 30.6. The van der Waals surface area contributed by atoms with Crippen molar-refractivity contribution in [1.82, 2.24) is 9.88 Å². The molecule has 23 heavy (non-hydrogen) atoms. The van der Waals surface area contributed by atoms with Gasteiger partial charge in [0.05, 0.1) is 5.92 Å². The van der Waals surface area contributed by atoms with Gasteiger partial charge in [-0.3, -0.25) is 14.6 Å². The fraction of sp³-hybridized carbons (Fsp3) is 0.316. The zero-order valence-electron chi connectivity index (χ0n) is 13.0. The maximum atomic E-state index is 12.9. The fourth-order valence-corrected chi connectivity index (χ4v) is 3.02. The standard InChI is InChI=1S/C19H20N2O2/c22-18-8-4-7-17(18)19(23)21(13-15-5-2-1-3-6-15)14-16-9-11-20-12-10-16/h1-3,5-6,9-12,17H,4,7-8,13-14H2. The Morgan fingerprint density at radius 3 is 2.30 bits per heavy atom. The minimum absolute atomic E-state index is 0.0480. The third-order valence-corrected chi connectivity index (χ3v) is 4.25. The highest BCUT2D eigenvalue weighted by Crippen LogP contribution is 2.25. The summed E-state index contributed by atoms with van der Waals surface area (Å²) in [6, 6.07) is 13.7. The van der Waals surface area contributed by atoms with Crippen LogP contribution in [0.15, 0.2) is 54.9 Å². The molecule has 3 rings (SSSR count). The lowest BCUT2D eigenvalue weighted by Gasteiger charge is -2.25. The minimum Gasteiger partial charge on any atom is -0.333 e. The number of pyridine rings is 1. The predicted molar refractivity (Wildman–Crippen MR) is 87.3 cm³/mol. The third kappa shape index (κ3) is 3.83. The number of hydrogen-bond acceptors (Lipinski definition) is 3. The molecule has 4 nitrogen and oxygen atoms in total. The summed E-state index contributed by atoms with van der Waals surface area (Å²) >= 11 is 0. The van der Waals surface area contributed by atoms with Gasteiger partial charge in [-0.1, -0.05) is 30.3 Å². The lowest BCUT2D eigenvalue weighted by Crippen LogP contribution is -2.37. The van der Waals surface area contributed by atoms with Crippen LogP contribution in [0.2, 0.25) is 0 Å². The molecule has 1 atom stereocenters. The van der Waals surface area contributed by atoms with Crippen LogP contribution in [0.3, 0.4) is 0 Å². The van der Waals surface area contributed by atoms with Crippen LogP contribution >= 0.6 is 0 Å². The number of carbonyl (C=O) groups is 2. The van der Waals surface area contributed by atoms with Crippen molar-refractivity contribution in [3.8, 4) is 0 Å². The highest BCUT2D eigenvalue weighted by atomic mass is 16.2. The normalized spacial score (nSPS) is 17.2. The van der Waals surface area contributed by atoms with Gasteiger partial charge in [0.15, 0.2) is 0 Å². The summed E-state index contributed by atoms with van der Waals surface area (Å²) in [7, 11) is 0. The Morgan fingerprint density at radius 1 is 1.04 bits per heavy atom. The quantitative estimate of drug-likeness (QED) is 0.798. The predicted octanol–water partition coefficient (Wildman–Crippen LogP) is 2.98. The zero-order chi connectivity index (χ0) is 16.1. The fourth-order valence-electron chi connectivity index (χ4n) is 3.02. The van der Waals surface area contributed by atoms with E-state index < -0.39 is 5.92 Å². The van der Waals surface area contributed by atoms with Crippen LogP contribution in [0.5, 0.6) is 0 Å². The monoisotopic (exact) mass is 308 g/mol. The van der Waals surface area contributed by atoms with E-state index in [1.54, 1.807) is 17.3 Å². The van der Waals surface area contributed by atoms with Gasteiger partial charge in [0.2, 0.25) is 5.91 Å². The van der Waals surface area contributed by atoms with Crippen LogP contribution in [-0.4, -0.2) is 21.6 Å². The van der Waals surface area contributed by atoms with Crippen molar-refractivity contribution in [2.75, 3.05) is 0 Å². The molecular formula is C19H20N2O2. The Morgan fingerprint density at radius 2 is 1.70 bits per heavy atom. The molecule has 118 valence electrons. The maximum absolute atomic E-state index is 12.9. The Labute approximate surface area is 136 Å². The van der Waals surface area contributed by atoms with Crippen molar-refractivity contribution in [3.05, 3.63) is 66.0 Å². The van der Waals surface area contributed by atoms with Crippen LogP contribution in [0.1, 0.15) is 30.4 Å². The van der Waals surface area contributed by atoms with Crippen LogP contribution in [0.25, 0.3) is 0 Å². The number of aromatic nitrogens is 1. The van der Waals surface area contributed by atoms with E-state index in [0.29, 0.717) is 25.9 Å². The van der Waals surface area contributed by atoms with Crippen molar-refractivity contribution in [1.29, 1.82) is 0 Å². The van der Waals surface area contributed by atoms with Crippen molar-refractivity contribution in [3.63, 3.8) is 0 Å². The topological polar surface area (TPSA) is 50.3 Å². The van der Waals surface area contributed by atoms with Gasteiger partial charge in [0, 0.05) is 31.9 Å². The Balaban J connectivity index is 1.80. The summed E-state index contributed by atoms with van der Waals surface area (Å²) < 4.78 is 0. The van der Waals surface area contributed by atoms with Crippen molar-refractivity contribution in [2.45, 2.75) is 32.4 Å². The first kappa shape index (κ1) is 15.4. The first-order valence-corrected chi connectivity index (χ1v) is 7.98. The second-order valence-corrected chi connectivity index (χ2v) is 5.95. The summed E-state index contributed by atoms with van der Waals surface area (Å²) in [5.74, 6) is -0.420. The summed E-state index contributed by atoms with van der Waals surface area (Å²) in [6.45, 7) is 1.02. The molecule has 0 spiro atoms. The van der Waals surface area contributed by atoms with E-state index in [2.05, 4.69) is 4.98 Å². The molecular weight excluding hydrogens is 288 g/mol. The van der Waals surface area contributed by atoms with Crippen LogP contribution in [-0.2, 0) is 22.7 Å². The van der Waals surface area contributed by atoms with Crippen molar-refractivity contribution >= 4 is 11.7 Å². The highest BCUT2D eigenvalue weighted by molar-refractivity contribution is 6.02. The second kappa shape index (κ2) is 7.18. The van der Waals surface area contributed by atoms with Gasteiger partial charge < -0.3 is 4.90 Å². The van der Waals surface area contributed by atoms with Gasteiger partial charge in [-0.15, -0.1) is 0 Å². The van der Waals surface area contributed by atoms with Crippen molar-refractivity contribution < 1.29 is 9.59 Å². The third-order valence-electron chi connectivity index (χ3n) is 4.25. The van der Waals surface area contributed by atoms with E-state index in [0.717, 1.165) is 17.5 Å². The van der Waals surface area contributed by atoms with Gasteiger partial charge in [0.1, 0.15) is 5.78 Å². The summed E-state index contributed by atoms with van der Waals surface area (Å²) in [6.07, 6.45) is 5.48. The smallest absolute Gasteiger partial charge is 0.233 e. The minimum atomic E-state index is -0.458. The SMILES string of the molecule is O=C1CCCC1C(=O)N(Cc1ccccc1)Cc1ccncc1. The first-order chi connectivity index (χ1) is 11.2. The molecule has 1 saturated carbocycles. The number of rotatable bonds is 5. The average Bonchev–Trinajstić information content (AvgIpc) is 3.01. The molecule has 1 aliphatic rings. The van der Waals surface area contributed by atoms with E-state index in [-0.39, 0.29) is 11.7 Å². The molecule has 0 saturated heterocycles. The van der Waals surface area contributed by atoms with Crippen LogP contribution < -0.4 is 0 Å². The first-order valence-electron chi connectivity index (χ1n) is 7.98. The maximum Gasteiger partial charge on any atom is 0.233 e. The molecule has 1 aromatic heterocycles. The number of Topliss-reactive ketones (excluding diaryl/α,β-unsaturated/α-hetero) is 1. The number of ketones is 1. The van der Waals surface area contributed by atoms with E-state index >= 15 is 0 Å². The van der Waals surface area contributed by atoms with Crippen molar-refractivity contribution in [2.24, 2.45) is 5.92 Å². The van der Waals surface area contributed by atoms with E-state index in [9.17, 15) is 9.59 Å². The summed E-state index contributed by atoms with van der Waals surface area (Å²) in [5.41, 5.74) is 2.09. The molecule has 1 unspecified atom stereocenters. The molecule has 0 radical (unpaired) electrons. The second-order valence-electron chi connectivity index (χ2n) is 5.95. The highest BCUT2D eigenvalue weighted by Gasteiger charge is 2.34. The van der Waals surface area contributed by atoms with Gasteiger partial charge in [0.25, 0.3) is 0 Å². The zero-order valence-corrected chi connectivity index (χ0v) is 13.0. The number of amides is 1. The van der Waals surface area contributed by atoms with Crippen LogP contribution in [0, 0.1) is 5.92 Å². The number of carbonyl (C=O) groups excluding carboxylic acids is 2. The largest absolute Gasteiger partial charge is 0.333 e. The van der Waals surface area contributed by atoms with E-state index in [1.807, 2.05) is 42.5 Å². The molecule has 2 aromatic rings. The number of benzene rings is 1. The van der Waals surface area contributed by atoms with Gasteiger partial charge in [-0.05, 0) is 36.1 Å². The lowest BCUT2D eigenvalue weighted by molar-refractivity contribution is -0.141. The molecule has 1 amide bonds. The van der Waals surface area contributed by atoms with Gasteiger partial charge in [-0.25, -0.2) is 0 Å². The summed E-state index contributed by atoms with van der Waals surface area (Å²) in [5, 5.41) is 0. The Kier molecular flexibility index (Phi) is 4.81. The van der Waals surface area contributed by atoms with Gasteiger partial charge in [-0.2, -0.15) is 0 Å². The molecule has 0 bridgehead atoms. The molecule has 1 aromatic carbocycles. The average molecular weight is 308 g/mol.